The highest BCUT2D eigenvalue weighted by molar-refractivity contribution is 5.66. The topological polar surface area (TPSA) is 81.8 Å². The van der Waals surface area contributed by atoms with Crippen molar-refractivity contribution in [1.29, 1.82) is 0 Å². The second-order valence-corrected chi connectivity index (χ2v) is 17.0. The number of aromatic nitrogens is 3. The molecule has 10 rings (SSSR count). The van der Waals surface area contributed by atoms with E-state index in [1.165, 1.54) is 74.3 Å². The van der Waals surface area contributed by atoms with Gasteiger partial charge >= 0.3 is 0 Å². The van der Waals surface area contributed by atoms with Gasteiger partial charge in [0.25, 0.3) is 5.69 Å². The third-order valence-corrected chi connectivity index (χ3v) is 11.8. The van der Waals surface area contributed by atoms with Crippen LogP contribution in [0.1, 0.15) is 108 Å². The maximum Gasteiger partial charge on any atom is 0.269 e. The minimum atomic E-state index is -0.394. The first-order valence-corrected chi connectivity index (χ1v) is 28.4. The molecule has 0 N–H and O–H groups in total. The third kappa shape index (κ3) is 24.9. The summed E-state index contributed by atoms with van der Waals surface area (Å²) < 4.78 is 12.6. The van der Waals surface area contributed by atoms with Crippen molar-refractivity contribution in [1.82, 2.24) is 15.0 Å². The van der Waals surface area contributed by atoms with Crippen LogP contribution in [0.15, 0.2) is 231 Å². The first kappa shape index (κ1) is 70.3. The number of hydrogen-bond donors (Lipinski definition) is 0. The van der Waals surface area contributed by atoms with Crippen molar-refractivity contribution in [2.24, 2.45) is 0 Å². The number of rotatable bonds is 6. The number of nitrogens with zero attached hydrogens (tertiary/aromatic N) is 4. The van der Waals surface area contributed by atoms with Crippen LogP contribution in [-0.2, 0) is 0 Å². The molecule has 0 aliphatic heterocycles. The number of nitro groups is 1. The van der Waals surface area contributed by atoms with Crippen molar-refractivity contribution in [2.75, 3.05) is 0 Å². The van der Waals surface area contributed by atoms with Crippen molar-refractivity contribution < 1.29 is 9.31 Å². The summed E-state index contributed by atoms with van der Waals surface area (Å²) in [5.41, 5.74) is 19.8. The first-order valence-electron chi connectivity index (χ1n) is 28.4. The lowest BCUT2D eigenvalue weighted by Crippen LogP contribution is -1.93. The van der Waals surface area contributed by atoms with Gasteiger partial charge in [0.05, 0.1) is 22.0 Å². The van der Waals surface area contributed by atoms with Crippen LogP contribution in [0.4, 0.5) is 10.1 Å². The van der Waals surface area contributed by atoms with Gasteiger partial charge in [-0.25, -0.2) is 4.39 Å². The monoisotopic (exact) mass is 1080 g/mol. The lowest BCUT2D eigenvalue weighted by Gasteiger charge is -2.07. The predicted molar refractivity (Wildman–Crippen MR) is 349 cm³/mol. The van der Waals surface area contributed by atoms with E-state index in [0.29, 0.717) is 0 Å². The summed E-state index contributed by atoms with van der Waals surface area (Å²) in [6, 6.07) is 70.0. The lowest BCUT2D eigenvalue weighted by atomic mass is 10.0. The van der Waals surface area contributed by atoms with Crippen molar-refractivity contribution in [3.8, 4) is 56.0 Å². The molecule has 6 nitrogen and oxygen atoms in total. The molecule has 0 spiro atoms. The Hall–Kier alpha value is -8.68. The molecule has 0 fully saturated rings. The fourth-order valence-corrected chi connectivity index (χ4v) is 7.21. The highest BCUT2D eigenvalue weighted by Gasteiger charge is 2.06. The molecule has 7 heteroatoms. The molecule has 0 saturated carbocycles. The Balaban J connectivity index is 0.000000487. The number of aryl methyl sites for hydroxylation is 6. The molecule has 0 radical (unpaired) electrons. The summed E-state index contributed by atoms with van der Waals surface area (Å²) >= 11 is 0. The molecule has 424 valence electrons. The van der Waals surface area contributed by atoms with Gasteiger partial charge in [-0.2, -0.15) is 0 Å². The van der Waals surface area contributed by atoms with Crippen LogP contribution in [0.5, 0.6) is 0 Å². The molecule has 7 aromatic carbocycles. The van der Waals surface area contributed by atoms with Crippen LogP contribution in [0.25, 0.3) is 56.0 Å². The van der Waals surface area contributed by atoms with Crippen molar-refractivity contribution in [3.63, 3.8) is 0 Å². The van der Waals surface area contributed by atoms with E-state index in [-0.39, 0.29) is 11.5 Å². The van der Waals surface area contributed by atoms with Gasteiger partial charge in [-0.05, 0) is 147 Å². The molecule has 0 aliphatic carbocycles. The number of benzene rings is 7. The van der Waals surface area contributed by atoms with Crippen LogP contribution < -0.4 is 0 Å². The Morgan fingerprint density at radius 1 is 0.358 bits per heavy atom. The van der Waals surface area contributed by atoms with Gasteiger partial charge in [0, 0.05) is 46.9 Å². The number of non-ortho nitro benzene ring substituents is 1. The zero-order valence-corrected chi connectivity index (χ0v) is 51.4. The maximum atomic E-state index is 12.6. The molecule has 10 aromatic rings. The number of hydrogen-bond acceptors (Lipinski definition) is 5. The van der Waals surface area contributed by atoms with Crippen LogP contribution in [0.2, 0.25) is 0 Å². The second-order valence-electron chi connectivity index (χ2n) is 17.0. The van der Waals surface area contributed by atoms with E-state index in [0.717, 1.165) is 45.0 Å². The fourth-order valence-electron chi connectivity index (χ4n) is 7.21. The Morgan fingerprint density at radius 3 is 1.15 bits per heavy atom. The van der Waals surface area contributed by atoms with E-state index < -0.39 is 4.92 Å². The highest BCUT2D eigenvalue weighted by Crippen LogP contribution is 2.24. The molecule has 0 saturated heterocycles. The Bertz CT molecular complexity index is 3180. The van der Waals surface area contributed by atoms with Crippen LogP contribution in [0, 0.1) is 64.4 Å². The number of nitro benzene ring substituents is 1. The largest absolute Gasteiger partial charge is 0.269 e. The number of pyridine rings is 3. The summed E-state index contributed by atoms with van der Waals surface area (Å²) in [5, 5.41) is 10.5. The summed E-state index contributed by atoms with van der Waals surface area (Å²) in [6.07, 6.45) is 3.83. The Morgan fingerprint density at radius 2 is 0.741 bits per heavy atom. The molecule has 3 heterocycles. The van der Waals surface area contributed by atoms with Gasteiger partial charge in [-0.15, -0.1) is 0 Å². The van der Waals surface area contributed by atoms with Crippen LogP contribution in [-0.4, -0.2) is 19.9 Å². The molecule has 3 aromatic heterocycles. The molecule has 0 aliphatic rings. The van der Waals surface area contributed by atoms with Crippen molar-refractivity contribution >= 4 is 5.69 Å². The quantitative estimate of drug-likeness (QED) is 0.122. The molecule has 0 atom stereocenters. The van der Waals surface area contributed by atoms with E-state index >= 15 is 0 Å². The second kappa shape index (κ2) is 41.4. The fraction of sp³-hybridized carbons (Fsp3) is 0.230. The molecule has 81 heavy (non-hydrogen) atoms. The number of halogens is 1. The van der Waals surface area contributed by atoms with E-state index in [2.05, 4.69) is 124 Å². The lowest BCUT2D eigenvalue weighted by molar-refractivity contribution is -0.384. The van der Waals surface area contributed by atoms with Gasteiger partial charge < -0.3 is 0 Å². The van der Waals surface area contributed by atoms with Gasteiger partial charge in [-0.3, -0.25) is 25.1 Å². The molecule has 0 amide bonds. The molecular weight excluding hydrogens is 996 g/mol. The average Bonchev–Trinajstić information content (AvgIpc) is 3.53. The summed E-state index contributed by atoms with van der Waals surface area (Å²) in [4.78, 5) is 23.5. The van der Waals surface area contributed by atoms with Gasteiger partial charge in [0.1, 0.15) is 5.82 Å². The summed E-state index contributed by atoms with van der Waals surface area (Å²) in [7, 11) is 0. The van der Waals surface area contributed by atoms with Gasteiger partial charge in [-0.1, -0.05) is 233 Å². The standard InChI is InChI=1S/C14H15N.2C13H13N.C12H9F.C12H9NO2.5C2H6/c1-10-9-14(15-12(3)11(10)2)13-7-5-4-6-8-13;1-10-7-8-13(14-9-10)12-6-4-3-5-11(12)2;1-10-8-13(14-9-11(10)2)12-6-4-3-5-7-12;13-12-8-6-11(7-9-12)10-4-2-1-3-5-10;14-13(15)12-8-6-11(7-9-12)10-4-2-1-3-5-10;5*1-2/h4-9H,1-3H3;2*3-9H,1-2H3;1-9H;1-9H;5*1-2H3. The van der Waals surface area contributed by atoms with E-state index in [9.17, 15) is 14.5 Å². The third-order valence-electron chi connectivity index (χ3n) is 11.8. The summed E-state index contributed by atoms with van der Waals surface area (Å²) in [5.74, 6) is -0.195. The van der Waals surface area contributed by atoms with Gasteiger partial charge in [0.2, 0.25) is 0 Å². The van der Waals surface area contributed by atoms with Crippen molar-refractivity contribution in [3.05, 3.63) is 286 Å². The zero-order chi connectivity index (χ0) is 60.5. The molecular formula is C74H89FN4O2. The summed E-state index contributed by atoms with van der Waals surface area (Å²) in [6.45, 7) is 34.7. The molecule has 0 unspecified atom stereocenters. The van der Waals surface area contributed by atoms with E-state index in [1.807, 2.05) is 191 Å². The minimum Gasteiger partial charge on any atom is -0.258 e. The van der Waals surface area contributed by atoms with E-state index in [1.54, 1.807) is 24.3 Å². The average molecular weight is 1090 g/mol. The van der Waals surface area contributed by atoms with Crippen molar-refractivity contribution in [2.45, 2.75) is 118 Å². The maximum absolute atomic E-state index is 12.6. The SMILES string of the molecule is CC.CC.CC.CC.CC.Cc1cc(-c2ccccc2)nc(C)c1C.Cc1ccc(-c2ccccc2C)nc1.Cc1cnc(-c2ccccc2)cc1C.Fc1ccc(-c2ccccc2)cc1.O=[N+]([O-])c1ccc(-c2ccccc2)cc1. The Kier molecular flexibility index (Phi) is 35.9. The van der Waals surface area contributed by atoms with Crippen LogP contribution >= 0.6 is 0 Å². The Labute approximate surface area is 487 Å². The minimum absolute atomic E-state index is 0.120. The highest BCUT2D eigenvalue weighted by atomic mass is 19.1. The normalized spacial score (nSPS) is 9.21. The predicted octanol–water partition coefficient (Wildman–Crippen LogP) is 22.3. The first-order chi connectivity index (χ1) is 39.4. The van der Waals surface area contributed by atoms with E-state index in [4.69, 9.17) is 0 Å². The molecule has 0 bridgehead atoms. The van der Waals surface area contributed by atoms with Gasteiger partial charge in [0.15, 0.2) is 0 Å². The van der Waals surface area contributed by atoms with Crippen LogP contribution in [0.3, 0.4) is 0 Å². The smallest absolute Gasteiger partial charge is 0.258 e. The zero-order valence-electron chi connectivity index (χ0n) is 51.4.